The minimum atomic E-state index is -4.18. The van der Waals surface area contributed by atoms with Crippen molar-refractivity contribution in [3.63, 3.8) is 0 Å². The monoisotopic (exact) mass is 415 g/mol. The Balaban J connectivity index is 2.05. The maximum absolute atomic E-state index is 13.8. The Morgan fingerprint density at radius 1 is 1.37 bits per heavy atom. The van der Waals surface area contributed by atoms with Crippen molar-refractivity contribution in [2.45, 2.75) is 31.2 Å². The summed E-state index contributed by atoms with van der Waals surface area (Å²) < 4.78 is 43.2. The van der Waals surface area contributed by atoms with E-state index < -0.39 is 32.7 Å². The van der Waals surface area contributed by atoms with Crippen LogP contribution in [0, 0.1) is 16.5 Å². The van der Waals surface area contributed by atoms with Gasteiger partial charge in [0.05, 0.1) is 0 Å². The third-order valence-electron chi connectivity index (χ3n) is 3.98. The van der Waals surface area contributed by atoms with E-state index in [0.29, 0.717) is 17.0 Å². The first-order chi connectivity index (χ1) is 12.6. The molecule has 1 aromatic heterocycles. The van der Waals surface area contributed by atoms with Gasteiger partial charge in [-0.1, -0.05) is 26.0 Å². The second kappa shape index (κ2) is 8.72. The molecule has 1 atom stereocenters. The number of halogens is 1. The lowest BCUT2D eigenvalue weighted by Gasteiger charge is -2.21. The van der Waals surface area contributed by atoms with Gasteiger partial charge >= 0.3 is 0 Å². The number of aromatic nitrogens is 3. The number of benzene rings is 1. The maximum Gasteiger partial charge on any atom is 0.244 e. The molecule has 8 nitrogen and oxygen atoms in total. The molecule has 0 radical (unpaired) electrons. The molecule has 0 spiro atoms. The predicted octanol–water partition coefficient (Wildman–Crippen LogP) is 1.28. The number of amides is 1. The van der Waals surface area contributed by atoms with Crippen LogP contribution in [0.3, 0.4) is 0 Å². The van der Waals surface area contributed by atoms with Crippen molar-refractivity contribution >= 4 is 28.1 Å². The topological polar surface area (TPSA) is 109 Å². The summed E-state index contributed by atoms with van der Waals surface area (Å²) in [6.07, 6.45) is 0.417. The molecule has 0 aliphatic carbocycles. The van der Waals surface area contributed by atoms with Crippen LogP contribution in [-0.2, 0) is 28.3 Å². The fourth-order valence-corrected chi connectivity index (χ4v) is 3.97. The molecule has 0 fully saturated rings. The molecule has 1 aromatic carbocycles. The number of hydrogen-bond acceptors (Lipinski definition) is 5. The van der Waals surface area contributed by atoms with E-state index in [0.717, 1.165) is 12.1 Å². The number of rotatable bonds is 8. The first-order valence-corrected chi connectivity index (χ1v) is 10.2. The molecule has 0 aliphatic heterocycles. The van der Waals surface area contributed by atoms with E-state index in [-0.39, 0.29) is 12.5 Å². The molecule has 0 unspecified atom stereocenters. The van der Waals surface area contributed by atoms with Crippen molar-refractivity contribution in [3.8, 4) is 0 Å². The lowest BCUT2D eigenvalue weighted by Crippen LogP contribution is -2.50. The van der Waals surface area contributed by atoms with Gasteiger partial charge in [0.2, 0.25) is 15.9 Å². The second-order valence-electron chi connectivity index (χ2n) is 6.32. The summed E-state index contributed by atoms with van der Waals surface area (Å²) in [5.41, 5.74) is 0. The summed E-state index contributed by atoms with van der Waals surface area (Å²) >= 11 is 5.02. The van der Waals surface area contributed by atoms with Crippen molar-refractivity contribution < 1.29 is 17.6 Å². The molecule has 148 valence electrons. The van der Waals surface area contributed by atoms with Crippen LogP contribution >= 0.6 is 12.2 Å². The molecule has 11 heteroatoms. The average Bonchev–Trinajstić information content (AvgIpc) is 2.91. The zero-order chi connectivity index (χ0) is 20.2. The van der Waals surface area contributed by atoms with Gasteiger partial charge in [-0.2, -0.15) is 9.82 Å². The first-order valence-electron chi connectivity index (χ1n) is 8.28. The number of aromatic amines is 1. The van der Waals surface area contributed by atoms with Crippen LogP contribution in [0.4, 0.5) is 4.39 Å². The van der Waals surface area contributed by atoms with Gasteiger partial charge in [0.15, 0.2) is 4.77 Å². The van der Waals surface area contributed by atoms with Crippen molar-refractivity contribution in [3.05, 3.63) is 40.7 Å². The Morgan fingerprint density at radius 2 is 2.04 bits per heavy atom. The molecule has 0 saturated carbocycles. The summed E-state index contributed by atoms with van der Waals surface area (Å²) in [7, 11) is -2.43. The molecular weight excluding hydrogens is 393 g/mol. The number of hydrogen-bond donors (Lipinski definition) is 3. The quantitative estimate of drug-likeness (QED) is 0.563. The smallest absolute Gasteiger partial charge is 0.244 e. The van der Waals surface area contributed by atoms with Crippen molar-refractivity contribution in [2.75, 3.05) is 6.54 Å². The van der Waals surface area contributed by atoms with Crippen LogP contribution < -0.4 is 10.0 Å². The van der Waals surface area contributed by atoms with Gasteiger partial charge in [0, 0.05) is 20.0 Å². The number of sulfonamides is 1. The minimum Gasteiger partial charge on any atom is -0.354 e. The van der Waals surface area contributed by atoms with Gasteiger partial charge in [-0.15, -0.1) is 0 Å². The molecule has 3 N–H and O–H groups in total. The molecule has 0 aliphatic rings. The van der Waals surface area contributed by atoms with E-state index in [2.05, 4.69) is 20.2 Å². The molecule has 0 bridgehead atoms. The molecule has 2 aromatic rings. The number of H-pyrrole nitrogens is 1. The summed E-state index contributed by atoms with van der Waals surface area (Å²) in [4.78, 5) is 12.0. The highest BCUT2D eigenvalue weighted by Gasteiger charge is 2.29. The molecule has 1 heterocycles. The fourth-order valence-electron chi connectivity index (χ4n) is 2.40. The molecule has 27 heavy (non-hydrogen) atoms. The zero-order valence-electron chi connectivity index (χ0n) is 15.2. The van der Waals surface area contributed by atoms with Crippen LogP contribution in [0.2, 0.25) is 0 Å². The van der Waals surface area contributed by atoms with Gasteiger partial charge in [-0.3, -0.25) is 9.89 Å². The van der Waals surface area contributed by atoms with Crippen LogP contribution in [0.15, 0.2) is 29.2 Å². The van der Waals surface area contributed by atoms with Gasteiger partial charge < -0.3 is 9.88 Å². The van der Waals surface area contributed by atoms with Gasteiger partial charge in [0.25, 0.3) is 0 Å². The molecular formula is C16H22FN5O3S2. The van der Waals surface area contributed by atoms with Gasteiger partial charge in [0.1, 0.15) is 22.6 Å². The highest BCUT2D eigenvalue weighted by Crippen LogP contribution is 2.15. The summed E-state index contributed by atoms with van der Waals surface area (Å²) in [6.45, 7) is 3.65. The van der Waals surface area contributed by atoms with E-state index >= 15 is 0 Å². The zero-order valence-corrected chi connectivity index (χ0v) is 16.8. The Kier molecular flexibility index (Phi) is 6.84. The molecule has 0 saturated heterocycles. The van der Waals surface area contributed by atoms with Gasteiger partial charge in [-0.25, -0.2) is 12.8 Å². The Hall–Kier alpha value is -2.11. The van der Waals surface area contributed by atoms with E-state index in [9.17, 15) is 17.6 Å². The Morgan fingerprint density at radius 3 is 2.59 bits per heavy atom. The number of carbonyl (C=O) groups excluding carboxylic acids is 1. The lowest BCUT2D eigenvalue weighted by atomic mass is 10.1. The Bertz CT molecular complexity index is 968. The first kappa shape index (κ1) is 21.2. The SMILES string of the molecule is CC(C)[C@H](NS(=O)(=O)c1ccccc1F)C(=O)NCCc1n[nH]c(=S)n1C. The normalized spacial score (nSPS) is 12.9. The predicted molar refractivity (Wildman–Crippen MR) is 100 cm³/mol. The van der Waals surface area contributed by atoms with Crippen molar-refractivity contribution in [2.24, 2.45) is 13.0 Å². The maximum atomic E-state index is 13.8. The second-order valence-corrected chi connectivity index (χ2v) is 8.39. The van der Waals surface area contributed by atoms with E-state index in [4.69, 9.17) is 12.2 Å². The van der Waals surface area contributed by atoms with Crippen LogP contribution in [0.1, 0.15) is 19.7 Å². The van der Waals surface area contributed by atoms with Crippen LogP contribution in [-0.4, -0.2) is 41.7 Å². The molecule has 1 amide bonds. The highest BCUT2D eigenvalue weighted by atomic mass is 32.2. The largest absolute Gasteiger partial charge is 0.354 e. The van der Waals surface area contributed by atoms with Crippen LogP contribution in [0.5, 0.6) is 0 Å². The minimum absolute atomic E-state index is 0.247. The van der Waals surface area contributed by atoms with Crippen molar-refractivity contribution in [1.82, 2.24) is 24.8 Å². The standard InChI is InChI=1S/C16H22FN5O3S2/c1-10(2)14(21-27(24,25)12-7-5-4-6-11(12)17)15(23)18-9-8-13-19-20-16(26)22(13)3/h4-7,10,14,21H,8-9H2,1-3H3,(H,18,23)(H,20,26)/t14-/m0/s1. The highest BCUT2D eigenvalue weighted by molar-refractivity contribution is 7.89. The van der Waals surface area contributed by atoms with Crippen LogP contribution in [0.25, 0.3) is 0 Å². The third kappa shape index (κ3) is 5.21. The average molecular weight is 416 g/mol. The Labute approximate surface area is 162 Å². The van der Waals surface area contributed by atoms with E-state index in [1.54, 1.807) is 25.5 Å². The lowest BCUT2D eigenvalue weighted by molar-refractivity contribution is -0.123. The number of nitrogens with zero attached hydrogens (tertiary/aromatic N) is 2. The van der Waals surface area contributed by atoms with Crippen molar-refractivity contribution in [1.29, 1.82) is 0 Å². The van der Waals surface area contributed by atoms with E-state index in [1.807, 2.05) is 0 Å². The summed E-state index contributed by atoms with van der Waals surface area (Å²) in [5, 5.41) is 9.37. The van der Waals surface area contributed by atoms with Gasteiger partial charge in [-0.05, 0) is 30.3 Å². The summed E-state index contributed by atoms with van der Waals surface area (Å²) in [6, 6.07) is 3.97. The third-order valence-corrected chi connectivity index (χ3v) is 5.82. The fraction of sp³-hybridized carbons (Fsp3) is 0.438. The number of nitrogens with one attached hydrogen (secondary N) is 3. The number of carbonyl (C=O) groups is 1. The summed E-state index contributed by atoms with van der Waals surface area (Å²) in [5.74, 6) is -1.05. The molecule has 2 rings (SSSR count). The van der Waals surface area contributed by atoms with E-state index in [1.165, 1.54) is 12.1 Å².